The zero-order valence-electron chi connectivity index (χ0n) is 16.2. The SMILES string of the molecule is CCC(CC)C(=O)c1ccc(C=Cc2ccc3ccccc3[n+]2C)cc1.[I-]. The van der Waals surface area contributed by atoms with Crippen LogP contribution in [0, 0.1) is 5.92 Å². The normalized spacial score (nSPS) is 11.1. The first-order valence-corrected chi connectivity index (χ1v) is 9.34. The Kier molecular flexibility index (Phi) is 7.72. The van der Waals surface area contributed by atoms with Gasteiger partial charge >= 0.3 is 0 Å². The van der Waals surface area contributed by atoms with Crippen molar-refractivity contribution in [3.8, 4) is 0 Å². The summed E-state index contributed by atoms with van der Waals surface area (Å²) >= 11 is 0. The minimum atomic E-state index is 0. The Bertz CT molecular complexity index is 940. The number of aromatic nitrogens is 1. The van der Waals surface area contributed by atoms with E-state index in [2.05, 4.69) is 74.0 Å². The van der Waals surface area contributed by atoms with Crippen LogP contribution in [-0.2, 0) is 7.05 Å². The van der Waals surface area contributed by atoms with Crippen LogP contribution in [0.3, 0.4) is 0 Å². The number of aryl methyl sites for hydroxylation is 1. The molecule has 0 fully saturated rings. The first-order valence-electron chi connectivity index (χ1n) is 9.34. The Morgan fingerprint density at radius 3 is 2.26 bits per heavy atom. The first-order chi connectivity index (χ1) is 12.6. The summed E-state index contributed by atoms with van der Waals surface area (Å²) < 4.78 is 2.19. The number of carbonyl (C=O) groups excluding carboxylic acids is 1. The maximum absolute atomic E-state index is 12.4. The molecular weight excluding hydrogens is 445 g/mol. The molecule has 1 heterocycles. The molecule has 27 heavy (non-hydrogen) atoms. The molecule has 1 aromatic heterocycles. The highest BCUT2D eigenvalue weighted by molar-refractivity contribution is 5.98. The van der Waals surface area contributed by atoms with Gasteiger partial charge in [-0.3, -0.25) is 4.79 Å². The molecule has 0 spiro atoms. The molecule has 0 radical (unpaired) electrons. The van der Waals surface area contributed by atoms with E-state index in [9.17, 15) is 4.79 Å². The van der Waals surface area contributed by atoms with Gasteiger partial charge in [-0.25, -0.2) is 0 Å². The zero-order valence-corrected chi connectivity index (χ0v) is 18.3. The van der Waals surface area contributed by atoms with Gasteiger partial charge in [-0.05, 0) is 36.6 Å². The maximum Gasteiger partial charge on any atom is 0.212 e. The molecule has 0 saturated heterocycles. The van der Waals surface area contributed by atoms with Crippen LogP contribution >= 0.6 is 0 Å². The van der Waals surface area contributed by atoms with E-state index < -0.39 is 0 Å². The predicted molar refractivity (Wildman–Crippen MR) is 109 cm³/mol. The Hall–Kier alpha value is -2.01. The number of hydrogen-bond donors (Lipinski definition) is 0. The number of carbonyl (C=O) groups is 1. The average molecular weight is 471 g/mol. The number of pyridine rings is 1. The van der Waals surface area contributed by atoms with Crippen molar-refractivity contribution in [1.82, 2.24) is 0 Å². The van der Waals surface area contributed by atoms with Gasteiger partial charge in [-0.2, -0.15) is 4.57 Å². The van der Waals surface area contributed by atoms with Crippen molar-refractivity contribution in [2.24, 2.45) is 13.0 Å². The molecule has 0 atom stereocenters. The zero-order chi connectivity index (χ0) is 18.5. The molecule has 0 saturated carbocycles. The Labute approximate surface area is 178 Å². The van der Waals surface area contributed by atoms with Crippen LogP contribution in [0.1, 0.15) is 48.3 Å². The summed E-state index contributed by atoms with van der Waals surface area (Å²) in [6.07, 6.45) is 6.00. The van der Waals surface area contributed by atoms with Crippen LogP contribution in [0.25, 0.3) is 23.1 Å². The number of para-hydroxylation sites is 1. The molecule has 0 bridgehead atoms. The van der Waals surface area contributed by atoms with E-state index in [4.69, 9.17) is 0 Å². The van der Waals surface area contributed by atoms with Gasteiger partial charge in [0.2, 0.25) is 11.2 Å². The van der Waals surface area contributed by atoms with E-state index in [0.717, 1.165) is 29.7 Å². The maximum atomic E-state index is 12.4. The van der Waals surface area contributed by atoms with Gasteiger partial charge in [0.1, 0.15) is 7.05 Å². The minimum absolute atomic E-state index is 0. The summed E-state index contributed by atoms with van der Waals surface area (Å²) in [5, 5.41) is 1.23. The first kappa shape index (κ1) is 21.3. The highest BCUT2D eigenvalue weighted by atomic mass is 127. The molecular formula is C24H26INO. The molecule has 3 heteroatoms. The van der Waals surface area contributed by atoms with Crippen molar-refractivity contribution in [1.29, 1.82) is 0 Å². The third kappa shape index (κ3) is 4.83. The van der Waals surface area contributed by atoms with Gasteiger partial charge in [0.25, 0.3) is 0 Å². The lowest BCUT2D eigenvalue weighted by Gasteiger charge is -2.10. The fourth-order valence-electron chi connectivity index (χ4n) is 3.36. The fraction of sp³-hybridized carbons (Fsp3) is 0.250. The lowest BCUT2D eigenvalue weighted by atomic mass is 9.92. The molecule has 2 nitrogen and oxygen atoms in total. The molecule has 140 valence electrons. The standard InChI is InChI=1S/C24H26NO.HI/c1-4-19(5-2)24(26)21-13-10-18(11-14-21)12-16-22-17-15-20-8-6-7-9-23(20)25(22)3;/h6-17,19H,4-5H2,1-3H3;1H/q+1;/p-1. The third-order valence-corrected chi connectivity index (χ3v) is 5.12. The molecule has 3 aromatic rings. The van der Waals surface area contributed by atoms with E-state index in [1.54, 1.807) is 0 Å². The van der Waals surface area contributed by atoms with Gasteiger partial charge in [0.15, 0.2) is 5.78 Å². The summed E-state index contributed by atoms with van der Waals surface area (Å²) in [5.41, 5.74) is 4.26. The molecule has 0 unspecified atom stereocenters. The predicted octanol–water partition coefficient (Wildman–Crippen LogP) is 2.46. The van der Waals surface area contributed by atoms with Gasteiger partial charge in [-0.15, -0.1) is 0 Å². The van der Waals surface area contributed by atoms with E-state index in [0.29, 0.717) is 0 Å². The van der Waals surface area contributed by atoms with Crippen LogP contribution < -0.4 is 28.5 Å². The second-order valence-corrected chi connectivity index (χ2v) is 6.71. The van der Waals surface area contributed by atoms with Crippen LogP contribution in [0.4, 0.5) is 0 Å². The van der Waals surface area contributed by atoms with Gasteiger partial charge in [0, 0.05) is 35.1 Å². The number of benzene rings is 2. The Morgan fingerprint density at radius 1 is 0.926 bits per heavy atom. The Morgan fingerprint density at radius 2 is 1.59 bits per heavy atom. The number of fused-ring (bicyclic) bond motifs is 1. The lowest BCUT2D eigenvalue weighted by molar-refractivity contribution is -0.646. The van der Waals surface area contributed by atoms with E-state index in [1.165, 1.54) is 10.9 Å². The van der Waals surface area contributed by atoms with Crippen molar-refractivity contribution < 1.29 is 33.3 Å². The van der Waals surface area contributed by atoms with Crippen LogP contribution in [0.15, 0.2) is 60.7 Å². The second-order valence-electron chi connectivity index (χ2n) is 6.71. The van der Waals surface area contributed by atoms with Crippen molar-refractivity contribution in [2.45, 2.75) is 26.7 Å². The largest absolute Gasteiger partial charge is 1.00 e. The average Bonchev–Trinajstić information content (AvgIpc) is 2.69. The number of hydrogen-bond acceptors (Lipinski definition) is 1. The Balaban J connectivity index is 0.00000261. The number of halogens is 1. The van der Waals surface area contributed by atoms with Crippen LogP contribution in [0.2, 0.25) is 0 Å². The highest BCUT2D eigenvalue weighted by Crippen LogP contribution is 2.17. The minimum Gasteiger partial charge on any atom is -1.00 e. The van der Waals surface area contributed by atoms with Crippen molar-refractivity contribution in [3.05, 3.63) is 77.5 Å². The molecule has 3 rings (SSSR count). The highest BCUT2D eigenvalue weighted by Gasteiger charge is 2.15. The summed E-state index contributed by atoms with van der Waals surface area (Å²) in [6.45, 7) is 4.15. The summed E-state index contributed by atoms with van der Waals surface area (Å²) in [4.78, 5) is 12.4. The van der Waals surface area contributed by atoms with Crippen LogP contribution in [-0.4, -0.2) is 5.78 Å². The molecule has 0 aliphatic carbocycles. The number of nitrogens with zero attached hydrogens (tertiary/aromatic N) is 1. The topological polar surface area (TPSA) is 20.9 Å². The van der Waals surface area contributed by atoms with Crippen molar-refractivity contribution in [3.63, 3.8) is 0 Å². The summed E-state index contributed by atoms with van der Waals surface area (Å²) in [7, 11) is 2.08. The quantitative estimate of drug-likeness (QED) is 0.308. The monoisotopic (exact) mass is 471 g/mol. The van der Waals surface area contributed by atoms with Gasteiger partial charge in [-0.1, -0.05) is 50.2 Å². The van der Waals surface area contributed by atoms with Gasteiger partial charge < -0.3 is 24.0 Å². The third-order valence-electron chi connectivity index (χ3n) is 5.12. The molecule has 2 aromatic carbocycles. The molecule has 0 aliphatic heterocycles. The van der Waals surface area contributed by atoms with Crippen molar-refractivity contribution >= 4 is 28.8 Å². The van der Waals surface area contributed by atoms with E-state index in [-0.39, 0.29) is 35.7 Å². The van der Waals surface area contributed by atoms with E-state index >= 15 is 0 Å². The summed E-state index contributed by atoms with van der Waals surface area (Å²) in [6, 6.07) is 20.6. The molecule has 0 N–H and O–H groups in total. The lowest BCUT2D eigenvalue weighted by Crippen LogP contribution is -3.00. The van der Waals surface area contributed by atoms with Crippen molar-refractivity contribution in [2.75, 3.05) is 0 Å². The number of Topliss-reactive ketones (excluding diaryl/α,β-unsaturated/α-hetero) is 1. The second kappa shape index (κ2) is 9.79. The summed E-state index contributed by atoms with van der Waals surface area (Å²) in [5.74, 6) is 0.388. The number of rotatable bonds is 6. The van der Waals surface area contributed by atoms with Crippen LogP contribution in [0.5, 0.6) is 0 Å². The fourth-order valence-corrected chi connectivity index (χ4v) is 3.36. The van der Waals surface area contributed by atoms with E-state index in [1.807, 2.05) is 24.3 Å². The molecule has 0 aliphatic rings. The molecule has 0 amide bonds. The smallest absolute Gasteiger partial charge is 0.212 e. The van der Waals surface area contributed by atoms with Gasteiger partial charge in [0.05, 0.1) is 0 Å². The number of ketones is 1.